The molecule has 2 amide bonds. The van der Waals surface area contributed by atoms with Gasteiger partial charge in [0.05, 0.1) is 17.6 Å². The van der Waals surface area contributed by atoms with E-state index >= 15 is 0 Å². The Kier molecular flexibility index (Phi) is 8.41. The van der Waals surface area contributed by atoms with Crippen molar-refractivity contribution in [3.8, 4) is 5.88 Å². The van der Waals surface area contributed by atoms with Gasteiger partial charge in [0.1, 0.15) is 5.76 Å². The SMILES string of the molecule is Cc1cc(CCN2CCN(C(=O)Oc3ccc(N(C)C(=O)c4ccc(N5CCCCC5)cc4)cn3)CC2)on1. The van der Waals surface area contributed by atoms with E-state index in [1.165, 1.54) is 19.3 Å². The maximum Gasteiger partial charge on any atom is 0.416 e. The second-order valence-corrected chi connectivity index (χ2v) is 10.2. The number of hydrogen-bond acceptors (Lipinski definition) is 8. The Balaban J connectivity index is 1.09. The number of anilines is 2. The molecule has 206 valence electrons. The maximum absolute atomic E-state index is 13.0. The molecule has 0 spiro atoms. The summed E-state index contributed by atoms with van der Waals surface area (Å²) in [5.74, 6) is 0.962. The summed E-state index contributed by atoms with van der Waals surface area (Å²) in [7, 11) is 1.71. The normalized spacial score (nSPS) is 16.3. The molecule has 0 N–H and O–H groups in total. The van der Waals surface area contributed by atoms with Gasteiger partial charge in [-0.15, -0.1) is 0 Å². The molecule has 2 aromatic heterocycles. The van der Waals surface area contributed by atoms with E-state index in [0.29, 0.717) is 24.3 Å². The molecular formula is C29H36N6O4. The average molecular weight is 533 g/mol. The Labute approximate surface area is 229 Å². The lowest BCUT2D eigenvalue weighted by molar-refractivity contribution is 0.0992. The standard InChI is InChI=1S/C29H36N6O4/c1-22-20-26(39-31-22)12-15-33-16-18-35(19-17-33)29(37)38-27-11-10-25(21-30-27)32(2)28(36)23-6-8-24(9-7-23)34-13-4-3-5-14-34/h6-11,20-21H,3-5,12-19H2,1-2H3. The Bertz CT molecular complexity index is 1250. The lowest BCUT2D eigenvalue weighted by Gasteiger charge is -2.33. The highest BCUT2D eigenvalue weighted by Gasteiger charge is 2.23. The Morgan fingerprint density at radius 3 is 2.36 bits per heavy atom. The van der Waals surface area contributed by atoms with Gasteiger partial charge >= 0.3 is 6.09 Å². The van der Waals surface area contributed by atoms with Crippen LogP contribution in [0.3, 0.4) is 0 Å². The second-order valence-electron chi connectivity index (χ2n) is 10.2. The van der Waals surface area contributed by atoms with Crippen molar-refractivity contribution in [2.45, 2.75) is 32.6 Å². The van der Waals surface area contributed by atoms with Gasteiger partial charge in [-0.2, -0.15) is 0 Å². The molecular weight excluding hydrogens is 496 g/mol. The molecule has 2 aliphatic rings. The number of aromatic nitrogens is 2. The van der Waals surface area contributed by atoms with E-state index in [1.807, 2.05) is 37.3 Å². The number of nitrogens with zero attached hydrogens (tertiary/aromatic N) is 6. The van der Waals surface area contributed by atoms with E-state index in [1.54, 1.807) is 35.2 Å². The van der Waals surface area contributed by atoms with Crippen LogP contribution >= 0.6 is 0 Å². The fraction of sp³-hybridized carbons (Fsp3) is 0.448. The van der Waals surface area contributed by atoms with Crippen LogP contribution in [0.1, 0.15) is 41.1 Å². The Morgan fingerprint density at radius 1 is 0.974 bits per heavy atom. The first-order valence-electron chi connectivity index (χ1n) is 13.7. The number of carbonyl (C=O) groups excluding carboxylic acids is 2. The van der Waals surface area contributed by atoms with E-state index in [4.69, 9.17) is 9.26 Å². The van der Waals surface area contributed by atoms with E-state index in [9.17, 15) is 9.59 Å². The highest BCUT2D eigenvalue weighted by atomic mass is 16.6. The smallest absolute Gasteiger partial charge is 0.391 e. The lowest BCUT2D eigenvalue weighted by atomic mass is 10.1. The quantitative estimate of drug-likeness (QED) is 0.451. The number of piperazine rings is 1. The van der Waals surface area contributed by atoms with Gasteiger partial charge < -0.3 is 24.0 Å². The summed E-state index contributed by atoms with van der Waals surface area (Å²) in [4.78, 5) is 37.9. The van der Waals surface area contributed by atoms with Gasteiger partial charge in [-0.1, -0.05) is 5.16 Å². The lowest BCUT2D eigenvalue weighted by Crippen LogP contribution is -2.49. The summed E-state index contributed by atoms with van der Waals surface area (Å²) in [6.45, 7) is 7.59. The minimum absolute atomic E-state index is 0.122. The molecule has 0 saturated carbocycles. The third-order valence-corrected chi connectivity index (χ3v) is 7.42. The van der Waals surface area contributed by atoms with E-state index in [2.05, 4.69) is 19.9 Å². The molecule has 0 unspecified atom stereocenters. The molecule has 2 fully saturated rings. The molecule has 0 radical (unpaired) electrons. The third-order valence-electron chi connectivity index (χ3n) is 7.42. The second kappa shape index (κ2) is 12.3. The molecule has 2 aliphatic heterocycles. The molecule has 2 saturated heterocycles. The number of carbonyl (C=O) groups is 2. The van der Waals surface area contributed by atoms with Crippen molar-refractivity contribution in [1.82, 2.24) is 19.9 Å². The number of ether oxygens (including phenoxy) is 1. The zero-order chi connectivity index (χ0) is 27.2. The predicted molar refractivity (Wildman–Crippen MR) is 148 cm³/mol. The molecule has 3 aromatic rings. The fourth-order valence-corrected chi connectivity index (χ4v) is 5.02. The van der Waals surface area contributed by atoms with Crippen LogP contribution in [-0.4, -0.2) is 84.8 Å². The van der Waals surface area contributed by atoms with Crippen LogP contribution in [0.4, 0.5) is 16.2 Å². The predicted octanol–water partition coefficient (Wildman–Crippen LogP) is 4.00. The van der Waals surface area contributed by atoms with Crippen molar-refractivity contribution >= 4 is 23.4 Å². The van der Waals surface area contributed by atoms with Crippen molar-refractivity contribution in [2.75, 3.05) is 62.7 Å². The largest absolute Gasteiger partial charge is 0.416 e. The molecule has 10 heteroatoms. The first kappa shape index (κ1) is 26.7. The Hall–Kier alpha value is -3.92. The van der Waals surface area contributed by atoms with Crippen molar-refractivity contribution in [1.29, 1.82) is 0 Å². The first-order valence-corrected chi connectivity index (χ1v) is 13.7. The van der Waals surface area contributed by atoms with Gasteiger partial charge in [-0.25, -0.2) is 9.78 Å². The monoisotopic (exact) mass is 532 g/mol. The van der Waals surface area contributed by atoms with Crippen LogP contribution in [-0.2, 0) is 6.42 Å². The number of pyridine rings is 1. The number of piperidine rings is 1. The summed E-state index contributed by atoms with van der Waals surface area (Å²) in [6.07, 6.45) is 5.63. The van der Waals surface area contributed by atoms with Crippen LogP contribution < -0.4 is 14.5 Å². The summed E-state index contributed by atoms with van der Waals surface area (Å²) in [6, 6.07) is 13.1. The van der Waals surface area contributed by atoms with E-state index in [-0.39, 0.29) is 11.8 Å². The molecule has 1 aromatic carbocycles. The van der Waals surface area contributed by atoms with Crippen molar-refractivity contribution in [3.05, 3.63) is 65.7 Å². The van der Waals surface area contributed by atoms with Crippen LogP contribution in [0, 0.1) is 6.92 Å². The van der Waals surface area contributed by atoms with Crippen molar-refractivity contribution in [2.24, 2.45) is 0 Å². The van der Waals surface area contributed by atoms with Crippen LogP contribution in [0.15, 0.2) is 53.2 Å². The van der Waals surface area contributed by atoms with Crippen LogP contribution in [0.5, 0.6) is 5.88 Å². The first-order chi connectivity index (χ1) is 19.0. The molecule has 0 bridgehead atoms. The van der Waals surface area contributed by atoms with Crippen molar-refractivity contribution < 1.29 is 18.8 Å². The molecule has 39 heavy (non-hydrogen) atoms. The van der Waals surface area contributed by atoms with Gasteiger partial charge in [-0.05, 0) is 56.5 Å². The molecule has 5 rings (SSSR count). The fourth-order valence-electron chi connectivity index (χ4n) is 5.02. The number of aryl methyl sites for hydroxylation is 1. The number of hydrogen-bond donors (Lipinski definition) is 0. The zero-order valence-electron chi connectivity index (χ0n) is 22.7. The summed E-state index contributed by atoms with van der Waals surface area (Å²) < 4.78 is 10.8. The molecule has 0 atom stereocenters. The number of rotatable bonds is 7. The highest BCUT2D eigenvalue weighted by Crippen LogP contribution is 2.22. The van der Waals surface area contributed by atoms with Gasteiger partial charge in [0, 0.05) is 82.7 Å². The molecule has 10 nitrogen and oxygen atoms in total. The van der Waals surface area contributed by atoms with Crippen LogP contribution in [0.25, 0.3) is 0 Å². The van der Waals surface area contributed by atoms with E-state index < -0.39 is 6.09 Å². The highest BCUT2D eigenvalue weighted by molar-refractivity contribution is 6.05. The van der Waals surface area contributed by atoms with Crippen molar-refractivity contribution in [3.63, 3.8) is 0 Å². The third kappa shape index (κ3) is 6.75. The zero-order valence-corrected chi connectivity index (χ0v) is 22.7. The molecule has 0 aliphatic carbocycles. The van der Waals surface area contributed by atoms with Gasteiger partial charge in [0.15, 0.2) is 0 Å². The minimum Gasteiger partial charge on any atom is -0.391 e. The van der Waals surface area contributed by atoms with Gasteiger partial charge in [-0.3, -0.25) is 9.69 Å². The van der Waals surface area contributed by atoms with Gasteiger partial charge in [0.25, 0.3) is 5.91 Å². The summed E-state index contributed by atoms with van der Waals surface area (Å²) in [5.41, 5.74) is 3.28. The van der Waals surface area contributed by atoms with E-state index in [0.717, 1.165) is 56.3 Å². The number of amides is 2. The summed E-state index contributed by atoms with van der Waals surface area (Å²) in [5, 5.41) is 3.92. The average Bonchev–Trinajstić information content (AvgIpc) is 3.41. The van der Waals surface area contributed by atoms with Crippen LogP contribution in [0.2, 0.25) is 0 Å². The Morgan fingerprint density at radius 2 is 1.72 bits per heavy atom. The molecule has 4 heterocycles. The van der Waals surface area contributed by atoms with Gasteiger partial charge in [0.2, 0.25) is 5.88 Å². The number of benzene rings is 1. The maximum atomic E-state index is 13.0. The summed E-state index contributed by atoms with van der Waals surface area (Å²) >= 11 is 0. The topological polar surface area (TPSA) is 95.2 Å². The minimum atomic E-state index is -0.418.